The molecule has 0 amide bonds. The lowest BCUT2D eigenvalue weighted by Crippen LogP contribution is -2.23. The second kappa shape index (κ2) is 5.15. The van der Waals surface area contributed by atoms with Gasteiger partial charge in [-0.25, -0.2) is 0 Å². The number of alkyl halides is 3. The number of nitriles is 2. The number of nitrogens with zero attached hydrogens (tertiary/aromatic N) is 3. The van der Waals surface area contributed by atoms with Crippen LogP contribution in [0.1, 0.15) is 16.9 Å². The number of rotatable bonds is 3. The predicted octanol–water partition coefficient (Wildman–Crippen LogP) is 2.46. The van der Waals surface area contributed by atoms with E-state index < -0.39 is 12.6 Å². The lowest BCUT2D eigenvalue weighted by Gasteiger charge is -2.18. The maximum Gasteiger partial charge on any atom is 0.390 e. The minimum atomic E-state index is -4.26. The van der Waals surface area contributed by atoms with E-state index in [4.69, 9.17) is 16.3 Å². The zero-order valence-electron chi connectivity index (χ0n) is 9.38. The Morgan fingerprint density at radius 2 is 1.94 bits per heavy atom. The molecular formula is C10H9F3N4S. The van der Waals surface area contributed by atoms with Crippen LogP contribution in [0.15, 0.2) is 0 Å². The van der Waals surface area contributed by atoms with Crippen LogP contribution in [0.4, 0.5) is 23.9 Å². The van der Waals surface area contributed by atoms with E-state index in [-0.39, 0.29) is 27.7 Å². The van der Waals surface area contributed by atoms with Gasteiger partial charge in [-0.1, -0.05) is 0 Å². The van der Waals surface area contributed by atoms with Crippen molar-refractivity contribution in [2.75, 3.05) is 24.2 Å². The van der Waals surface area contributed by atoms with E-state index in [0.29, 0.717) is 0 Å². The highest BCUT2D eigenvalue weighted by Gasteiger charge is 2.28. The third-order valence-corrected chi connectivity index (χ3v) is 3.44. The highest BCUT2D eigenvalue weighted by atomic mass is 32.1. The van der Waals surface area contributed by atoms with Crippen LogP contribution in [0.25, 0.3) is 0 Å². The number of nitrogens with two attached hydrogens (primary N) is 1. The van der Waals surface area contributed by atoms with Gasteiger partial charge in [-0.2, -0.15) is 23.7 Å². The summed E-state index contributed by atoms with van der Waals surface area (Å²) in [5.74, 6) is 0. The van der Waals surface area contributed by atoms with Crippen molar-refractivity contribution in [3.63, 3.8) is 0 Å². The predicted molar refractivity (Wildman–Crippen MR) is 62.1 cm³/mol. The summed E-state index contributed by atoms with van der Waals surface area (Å²) >= 11 is 0.919. The molecule has 4 nitrogen and oxygen atoms in total. The second-order valence-electron chi connectivity index (χ2n) is 3.54. The third kappa shape index (κ3) is 3.05. The Bertz CT molecular complexity index is 521. The fourth-order valence-corrected chi connectivity index (χ4v) is 2.24. The van der Waals surface area contributed by atoms with Crippen molar-refractivity contribution in [1.82, 2.24) is 0 Å². The van der Waals surface area contributed by atoms with Gasteiger partial charge in [0.15, 0.2) is 0 Å². The van der Waals surface area contributed by atoms with E-state index in [2.05, 4.69) is 0 Å². The monoisotopic (exact) mass is 274 g/mol. The van der Waals surface area contributed by atoms with Crippen LogP contribution < -0.4 is 10.6 Å². The molecule has 0 saturated heterocycles. The van der Waals surface area contributed by atoms with Crippen LogP contribution in [-0.4, -0.2) is 19.8 Å². The molecule has 0 radical (unpaired) electrons. The van der Waals surface area contributed by atoms with Crippen LogP contribution in [0.2, 0.25) is 0 Å². The molecule has 1 aromatic heterocycles. The SMILES string of the molecule is CN(CCC(F)(F)F)c1sc(C#N)c(N)c1C#N. The Morgan fingerprint density at radius 1 is 1.33 bits per heavy atom. The average Bonchev–Trinajstić information content (AvgIpc) is 2.61. The molecule has 0 unspecified atom stereocenters. The summed E-state index contributed by atoms with van der Waals surface area (Å²) in [7, 11) is 1.43. The van der Waals surface area contributed by atoms with Crippen LogP contribution in [-0.2, 0) is 0 Å². The highest BCUT2D eigenvalue weighted by molar-refractivity contribution is 7.17. The van der Waals surface area contributed by atoms with Gasteiger partial charge in [0, 0.05) is 13.6 Å². The Kier molecular flexibility index (Phi) is 4.04. The first-order chi connectivity index (χ1) is 8.30. The van der Waals surface area contributed by atoms with Crippen LogP contribution in [0, 0.1) is 22.7 Å². The van der Waals surface area contributed by atoms with E-state index in [0.717, 1.165) is 11.3 Å². The van der Waals surface area contributed by atoms with Gasteiger partial charge in [-0.3, -0.25) is 0 Å². The molecule has 0 atom stereocenters. The zero-order chi connectivity index (χ0) is 13.9. The molecule has 0 spiro atoms. The molecule has 1 rings (SSSR count). The van der Waals surface area contributed by atoms with E-state index in [9.17, 15) is 13.2 Å². The number of hydrogen-bond acceptors (Lipinski definition) is 5. The molecular weight excluding hydrogens is 265 g/mol. The normalized spacial score (nSPS) is 10.8. The lowest BCUT2D eigenvalue weighted by molar-refractivity contribution is -0.132. The molecule has 1 heterocycles. The van der Waals surface area contributed by atoms with Gasteiger partial charge in [-0.15, -0.1) is 11.3 Å². The molecule has 18 heavy (non-hydrogen) atoms. The number of thiophene rings is 1. The topological polar surface area (TPSA) is 76.8 Å². The molecule has 0 aromatic carbocycles. The van der Waals surface area contributed by atoms with Gasteiger partial charge < -0.3 is 10.6 Å². The largest absolute Gasteiger partial charge is 0.396 e. The summed E-state index contributed by atoms with van der Waals surface area (Å²) in [6, 6.07) is 3.62. The molecule has 0 aliphatic rings. The molecule has 8 heteroatoms. The minimum Gasteiger partial charge on any atom is -0.396 e. The molecule has 0 aliphatic heterocycles. The maximum atomic E-state index is 12.1. The Morgan fingerprint density at radius 3 is 2.39 bits per heavy atom. The molecule has 96 valence electrons. The summed E-state index contributed by atoms with van der Waals surface area (Å²) in [6.07, 6.45) is -5.25. The number of anilines is 2. The first-order valence-electron chi connectivity index (χ1n) is 4.80. The standard InChI is InChI=1S/C10H9F3N4S/c1-17(3-2-10(11,12)13)9-6(4-14)8(16)7(5-15)18-9/h2-3,16H2,1H3. The van der Waals surface area contributed by atoms with Crippen LogP contribution >= 0.6 is 11.3 Å². The molecule has 0 fully saturated rings. The fourth-order valence-electron chi connectivity index (χ4n) is 1.29. The van der Waals surface area contributed by atoms with Crippen LogP contribution in [0.5, 0.6) is 0 Å². The van der Waals surface area contributed by atoms with Gasteiger partial charge in [0.2, 0.25) is 0 Å². The minimum absolute atomic E-state index is 0.0267. The zero-order valence-corrected chi connectivity index (χ0v) is 10.2. The van der Waals surface area contributed by atoms with Gasteiger partial charge in [0.1, 0.15) is 27.6 Å². The molecule has 0 saturated carbocycles. The van der Waals surface area contributed by atoms with Crippen LogP contribution in [0.3, 0.4) is 0 Å². The molecule has 1 aromatic rings. The van der Waals surface area contributed by atoms with Crippen molar-refractivity contribution in [3.05, 3.63) is 10.4 Å². The van der Waals surface area contributed by atoms with Crippen molar-refractivity contribution in [2.45, 2.75) is 12.6 Å². The number of nitrogen functional groups attached to an aromatic ring is 1. The summed E-state index contributed by atoms with van der Waals surface area (Å²) < 4.78 is 36.3. The second-order valence-corrected chi connectivity index (χ2v) is 4.53. The maximum absolute atomic E-state index is 12.1. The summed E-state index contributed by atoms with van der Waals surface area (Å²) in [5.41, 5.74) is 5.64. The average molecular weight is 274 g/mol. The highest BCUT2D eigenvalue weighted by Crippen LogP contribution is 2.37. The lowest BCUT2D eigenvalue weighted by atomic mass is 10.2. The fraction of sp³-hybridized carbons (Fsp3) is 0.400. The summed E-state index contributed by atoms with van der Waals surface area (Å²) in [5, 5.41) is 18.0. The number of hydrogen-bond donors (Lipinski definition) is 1. The van der Waals surface area contributed by atoms with Gasteiger partial charge in [-0.05, 0) is 0 Å². The van der Waals surface area contributed by atoms with Gasteiger partial charge in [0.25, 0.3) is 0 Å². The van der Waals surface area contributed by atoms with Crippen molar-refractivity contribution in [3.8, 4) is 12.1 Å². The van der Waals surface area contributed by atoms with Crippen molar-refractivity contribution >= 4 is 22.0 Å². The Balaban J connectivity index is 2.97. The Labute approximate surface area is 106 Å². The van der Waals surface area contributed by atoms with Crippen molar-refractivity contribution in [2.24, 2.45) is 0 Å². The molecule has 0 aliphatic carbocycles. The summed E-state index contributed by atoms with van der Waals surface area (Å²) in [6.45, 7) is -0.289. The summed E-state index contributed by atoms with van der Waals surface area (Å²) in [4.78, 5) is 1.42. The van der Waals surface area contributed by atoms with Gasteiger partial charge in [0.05, 0.1) is 12.1 Å². The van der Waals surface area contributed by atoms with Crippen molar-refractivity contribution < 1.29 is 13.2 Å². The van der Waals surface area contributed by atoms with E-state index in [1.54, 1.807) is 0 Å². The Hall–Kier alpha value is -1.93. The number of halogens is 3. The molecule has 2 N–H and O–H groups in total. The van der Waals surface area contributed by atoms with E-state index in [1.165, 1.54) is 11.9 Å². The third-order valence-electron chi connectivity index (χ3n) is 2.22. The van der Waals surface area contributed by atoms with E-state index in [1.807, 2.05) is 12.1 Å². The first-order valence-corrected chi connectivity index (χ1v) is 5.62. The quantitative estimate of drug-likeness (QED) is 0.918. The first kappa shape index (κ1) is 14.1. The molecule has 0 bridgehead atoms. The smallest absolute Gasteiger partial charge is 0.390 e. The van der Waals surface area contributed by atoms with E-state index >= 15 is 0 Å². The van der Waals surface area contributed by atoms with Crippen molar-refractivity contribution in [1.29, 1.82) is 10.5 Å². The van der Waals surface area contributed by atoms with Gasteiger partial charge >= 0.3 is 6.18 Å².